The van der Waals surface area contributed by atoms with Gasteiger partial charge in [0.15, 0.2) is 0 Å². The number of benzene rings is 2. The minimum atomic E-state index is -0.435. The molecule has 0 bridgehead atoms. The van der Waals surface area contributed by atoms with Gasteiger partial charge in [-0.2, -0.15) is 0 Å². The molecule has 0 radical (unpaired) electrons. The lowest BCUT2D eigenvalue weighted by Crippen LogP contribution is -2.37. The summed E-state index contributed by atoms with van der Waals surface area (Å²) >= 11 is 0. The molecular weight excluding hydrogens is 346 g/mol. The van der Waals surface area contributed by atoms with E-state index in [1.165, 1.54) is 22.3 Å². The van der Waals surface area contributed by atoms with Gasteiger partial charge in [-0.15, -0.1) is 0 Å². The molecule has 3 aromatic rings. The average Bonchev–Trinajstić information content (AvgIpc) is 2.95. The summed E-state index contributed by atoms with van der Waals surface area (Å²) < 4.78 is 2.24. The molecule has 1 unspecified atom stereocenters. The zero-order valence-electron chi connectivity index (χ0n) is 18.1. The molecule has 0 saturated heterocycles. The van der Waals surface area contributed by atoms with E-state index in [-0.39, 0.29) is 11.9 Å². The van der Waals surface area contributed by atoms with Crippen LogP contribution in [0.3, 0.4) is 0 Å². The molecule has 1 atom stereocenters. The van der Waals surface area contributed by atoms with Crippen molar-refractivity contribution >= 4 is 16.9 Å². The number of aromatic nitrogens is 2. The Kier molecular flexibility index (Phi) is 5.33. The molecule has 4 heteroatoms. The number of rotatable bonds is 4. The van der Waals surface area contributed by atoms with Gasteiger partial charge in [-0.25, -0.2) is 4.98 Å². The number of nitrogens with zero attached hydrogens (tertiary/aromatic N) is 2. The van der Waals surface area contributed by atoms with Crippen molar-refractivity contribution in [1.82, 2.24) is 14.9 Å². The third kappa shape index (κ3) is 3.96. The van der Waals surface area contributed by atoms with Crippen LogP contribution in [-0.2, 0) is 11.3 Å². The van der Waals surface area contributed by atoms with E-state index < -0.39 is 5.41 Å². The second kappa shape index (κ2) is 7.42. The maximum atomic E-state index is 12.5. The first-order valence-corrected chi connectivity index (χ1v) is 9.91. The van der Waals surface area contributed by atoms with E-state index >= 15 is 0 Å². The smallest absolute Gasteiger partial charge is 0.225 e. The van der Waals surface area contributed by atoms with Gasteiger partial charge in [0.25, 0.3) is 0 Å². The van der Waals surface area contributed by atoms with Crippen LogP contribution >= 0.6 is 0 Å². The summed E-state index contributed by atoms with van der Waals surface area (Å²) in [6.45, 7) is 15.0. The Hall–Kier alpha value is -2.62. The van der Waals surface area contributed by atoms with E-state index in [1.54, 1.807) is 0 Å². The number of hydrogen-bond donors (Lipinski definition) is 1. The van der Waals surface area contributed by atoms with Gasteiger partial charge in [0.05, 0.1) is 17.1 Å². The Morgan fingerprint density at radius 2 is 1.71 bits per heavy atom. The molecular formula is C24H31N3O. The molecule has 0 fully saturated rings. The lowest BCUT2D eigenvalue weighted by molar-refractivity contribution is -0.129. The van der Waals surface area contributed by atoms with Crippen LogP contribution in [0.2, 0.25) is 0 Å². The molecule has 0 aliphatic rings. The highest BCUT2D eigenvalue weighted by atomic mass is 16.2. The number of fused-ring (bicyclic) bond motifs is 1. The fourth-order valence-corrected chi connectivity index (χ4v) is 3.69. The first kappa shape index (κ1) is 20.1. The standard InChI is InChI=1S/C24H31N3O/c1-15-12-16(2)19(17(3)13-15)14-27-21-11-9-8-10-20(21)26-22(27)18(4)25-23(28)24(5,6)7/h8-13,18H,14H2,1-7H3,(H,25,28). The van der Waals surface area contributed by atoms with E-state index in [2.05, 4.69) is 48.9 Å². The number of para-hydroxylation sites is 2. The minimum Gasteiger partial charge on any atom is -0.346 e. The van der Waals surface area contributed by atoms with Crippen LogP contribution in [-0.4, -0.2) is 15.5 Å². The number of imidazole rings is 1. The van der Waals surface area contributed by atoms with Gasteiger partial charge < -0.3 is 9.88 Å². The third-order valence-corrected chi connectivity index (χ3v) is 5.26. The van der Waals surface area contributed by atoms with Crippen molar-refractivity contribution in [2.24, 2.45) is 5.41 Å². The number of carbonyl (C=O) groups is 1. The van der Waals surface area contributed by atoms with Gasteiger partial charge in [0, 0.05) is 12.0 Å². The molecule has 1 aromatic heterocycles. The monoisotopic (exact) mass is 377 g/mol. The van der Waals surface area contributed by atoms with Crippen LogP contribution in [0, 0.1) is 26.2 Å². The van der Waals surface area contributed by atoms with Crippen molar-refractivity contribution in [2.45, 2.75) is 61.1 Å². The maximum absolute atomic E-state index is 12.5. The molecule has 0 aliphatic carbocycles. The summed E-state index contributed by atoms with van der Waals surface area (Å²) in [4.78, 5) is 17.4. The third-order valence-electron chi connectivity index (χ3n) is 5.26. The highest BCUT2D eigenvalue weighted by Gasteiger charge is 2.25. The van der Waals surface area contributed by atoms with E-state index in [1.807, 2.05) is 45.9 Å². The van der Waals surface area contributed by atoms with Crippen LogP contribution in [0.15, 0.2) is 36.4 Å². The summed E-state index contributed by atoms with van der Waals surface area (Å²) in [6, 6.07) is 12.5. The number of nitrogens with one attached hydrogen (secondary N) is 1. The summed E-state index contributed by atoms with van der Waals surface area (Å²) in [6.07, 6.45) is 0. The van der Waals surface area contributed by atoms with Crippen molar-refractivity contribution in [2.75, 3.05) is 0 Å². The maximum Gasteiger partial charge on any atom is 0.225 e. The molecule has 1 heterocycles. The molecule has 28 heavy (non-hydrogen) atoms. The molecule has 0 saturated carbocycles. The van der Waals surface area contributed by atoms with Crippen LogP contribution in [0.4, 0.5) is 0 Å². The first-order chi connectivity index (χ1) is 13.1. The zero-order valence-corrected chi connectivity index (χ0v) is 18.1. The van der Waals surface area contributed by atoms with Gasteiger partial charge in [-0.05, 0) is 56.5 Å². The van der Waals surface area contributed by atoms with Crippen LogP contribution in [0.1, 0.15) is 61.8 Å². The molecule has 1 N–H and O–H groups in total. The highest BCUT2D eigenvalue weighted by molar-refractivity contribution is 5.82. The van der Waals surface area contributed by atoms with Crippen molar-refractivity contribution in [3.05, 3.63) is 64.5 Å². The lowest BCUT2D eigenvalue weighted by Gasteiger charge is -2.23. The van der Waals surface area contributed by atoms with Gasteiger partial charge in [-0.1, -0.05) is 50.6 Å². The summed E-state index contributed by atoms with van der Waals surface area (Å²) in [5, 5.41) is 3.14. The number of carbonyl (C=O) groups excluding carboxylic acids is 1. The Morgan fingerprint density at radius 1 is 1.11 bits per heavy atom. The first-order valence-electron chi connectivity index (χ1n) is 9.91. The Balaban J connectivity index is 2.06. The Morgan fingerprint density at radius 3 is 2.32 bits per heavy atom. The largest absolute Gasteiger partial charge is 0.346 e. The molecule has 4 nitrogen and oxygen atoms in total. The van der Waals surface area contributed by atoms with E-state index in [4.69, 9.17) is 4.98 Å². The lowest BCUT2D eigenvalue weighted by atomic mass is 9.95. The summed E-state index contributed by atoms with van der Waals surface area (Å²) in [5.41, 5.74) is 6.77. The topological polar surface area (TPSA) is 46.9 Å². The van der Waals surface area contributed by atoms with E-state index in [9.17, 15) is 4.79 Å². The van der Waals surface area contributed by atoms with Crippen LogP contribution in [0.25, 0.3) is 11.0 Å². The zero-order chi connectivity index (χ0) is 20.6. The predicted octanol–water partition coefficient (Wildman–Crippen LogP) is 5.23. The molecule has 3 rings (SSSR count). The number of amides is 1. The normalized spacial score (nSPS) is 13.0. The fraction of sp³-hybridized carbons (Fsp3) is 0.417. The number of hydrogen-bond acceptors (Lipinski definition) is 2. The van der Waals surface area contributed by atoms with Crippen molar-refractivity contribution in [3.8, 4) is 0 Å². The van der Waals surface area contributed by atoms with Gasteiger partial charge in [0.2, 0.25) is 5.91 Å². The Bertz CT molecular complexity index is 1000. The fourth-order valence-electron chi connectivity index (χ4n) is 3.69. The predicted molar refractivity (Wildman–Crippen MR) is 116 cm³/mol. The van der Waals surface area contributed by atoms with Gasteiger partial charge in [0.1, 0.15) is 5.82 Å². The quantitative estimate of drug-likeness (QED) is 0.676. The minimum absolute atomic E-state index is 0.0290. The molecule has 1 amide bonds. The summed E-state index contributed by atoms with van der Waals surface area (Å²) in [7, 11) is 0. The van der Waals surface area contributed by atoms with Crippen LogP contribution < -0.4 is 5.32 Å². The Labute approximate surface area is 168 Å². The van der Waals surface area contributed by atoms with Crippen LogP contribution in [0.5, 0.6) is 0 Å². The molecule has 0 aliphatic heterocycles. The molecule has 0 spiro atoms. The highest BCUT2D eigenvalue weighted by Crippen LogP contribution is 2.26. The van der Waals surface area contributed by atoms with E-state index in [0.717, 1.165) is 23.4 Å². The molecule has 2 aromatic carbocycles. The second-order valence-electron chi connectivity index (χ2n) is 8.87. The van der Waals surface area contributed by atoms with E-state index in [0.29, 0.717) is 0 Å². The van der Waals surface area contributed by atoms with Gasteiger partial charge >= 0.3 is 0 Å². The van der Waals surface area contributed by atoms with Crippen molar-refractivity contribution in [1.29, 1.82) is 0 Å². The molecule has 148 valence electrons. The summed E-state index contributed by atoms with van der Waals surface area (Å²) in [5.74, 6) is 0.916. The second-order valence-corrected chi connectivity index (χ2v) is 8.87. The van der Waals surface area contributed by atoms with Gasteiger partial charge in [-0.3, -0.25) is 4.79 Å². The SMILES string of the molecule is Cc1cc(C)c(Cn2c(C(C)NC(=O)C(C)(C)C)nc3ccccc32)c(C)c1. The number of aryl methyl sites for hydroxylation is 3. The average molecular weight is 378 g/mol. The van der Waals surface area contributed by atoms with Crippen molar-refractivity contribution in [3.63, 3.8) is 0 Å². The van der Waals surface area contributed by atoms with Crippen molar-refractivity contribution < 1.29 is 4.79 Å².